The third-order valence-corrected chi connectivity index (χ3v) is 4.96. The summed E-state index contributed by atoms with van der Waals surface area (Å²) in [7, 11) is 0. The minimum Gasteiger partial charge on any atom is -0.487 e. The number of aromatic nitrogens is 3. The van der Waals surface area contributed by atoms with Crippen LogP contribution in [0.1, 0.15) is 5.69 Å². The van der Waals surface area contributed by atoms with Crippen molar-refractivity contribution in [1.82, 2.24) is 14.4 Å². The van der Waals surface area contributed by atoms with E-state index in [1.54, 1.807) is 30.6 Å². The molecule has 8 nitrogen and oxygen atoms in total. The molecule has 0 aliphatic heterocycles. The van der Waals surface area contributed by atoms with Gasteiger partial charge in [0.05, 0.1) is 5.69 Å². The van der Waals surface area contributed by atoms with E-state index in [4.69, 9.17) is 14.6 Å². The number of nitrogens with zero attached hydrogens (tertiary/aromatic N) is 2. The lowest BCUT2D eigenvalue weighted by Gasteiger charge is -2.14. The van der Waals surface area contributed by atoms with Crippen LogP contribution in [0.25, 0.3) is 27.5 Å². The van der Waals surface area contributed by atoms with Crippen molar-refractivity contribution in [3.8, 4) is 16.9 Å². The number of hydrogen-bond acceptors (Lipinski definition) is 5. The number of H-pyrrole nitrogens is 1. The molecule has 0 amide bonds. The molecular formula is C25H19N3O5. The van der Waals surface area contributed by atoms with Crippen LogP contribution in [-0.4, -0.2) is 25.9 Å². The third-order valence-electron chi connectivity index (χ3n) is 4.96. The molecule has 0 aliphatic carbocycles. The second-order valence-electron chi connectivity index (χ2n) is 7.01. The van der Waals surface area contributed by atoms with Gasteiger partial charge in [-0.2, -0.15) is 0 Å². The Kier molecular flexibility index (Phi) is 6.26. The zero-order valence-electron chi connectivity index (χ0n) is 17.3. The fraction of sp³-hybridized carbons (Fsp3) is 0.0400. The average molecular weight is 441 g/mol. The van der Waals surface area contributed by atoms with Crippen molar-refractivity contribution in [3.63, 3.8) is 0 Å². The van der Waals surface area contributed by atoms with Crippen LogP contribution in [0.5, 0.6) is 5.75 Å². The first-order valence-corrected chi connectivity index (χ1v) is 9.99. The molecule has 3 aromatic heterocycles. The highest BCUT2D eigenvalue weighted by atomic mass is 16.5. The van der Waals surface area contributed by atoms with Crippen LogP contribution >= 0.6 is 0 Å². The van der Waals surface area contributed by atoms with E-state index in [1.165, 1.54) is 16.5 Å². The van der Waals surface area contributed by atoms with Gasteiger partial charge in [-0.05, 0) is 35.0 Å². The summed E-state index contributed by atoms with van der Waals surface area (Å²) in [5, 5.41) is 8.96. The number of carbonyl (C=O) groups is 1. The van der Waals surface area contributed by atoms with Crippen molar-refractivity contribution >= 4 is 22.9 Å². The molecule has 33 heavy (non-hydrogen) atoms. The molecule has 0 atom stereocenters. The van der Waals surface area contributed by atoms with Gasteiger partial charge in [-0.15, -0.1) is 0 Å². The summed E-state index contributed by atoms with van der Waals surface area (Å²) in [5.41, 5.74) is 2.52. The Balaban J connectivity index is 0.000000821. The van der Waals surface area contributed by atoms with Gasteiger partial charge in [0.25, 0.3) is 12.0 Å². The number of nitrogens with one attached hydrogen (secondary N) is 1. The van der Waals surface area contributed by atoms with Gasteiger partial charge in [-0.25, -0.2) is 4.98 Å². The molecule has 0 unspecified atom stereocenters. The fourth-order valence-electron chi connectivity index (χ4n) is 3.56. The number of ether oxygens (including phenoxy) is 1. The maximum absolute atomic E-state index is 12.3. The zero-order valence-corrected chi connectivity index (χ0v) is 17.3. The highest BCUT2D eigenvalue weighted by Crippen LogP contribution is 2.36. The Morgan fingerprint density at radius 1 is 1.00 bits per heavy atom. The van der Waals surface area contributed by atoms with Crippen LogP contribution in [0.15, 0.2) is 94.8 Å². The SMILES string of the molecule is O=CO.O=c1ccc(-c2c(OCc3cc(=O)n4ccccc4n3)ccc3ccccc23)c[nH]1. The Morgan fingerprint density at radius 3 is 2.58 bits per heavy atom. The van der Waals surface area contributed by atoms with E-state index in [9.17, 15) is 9.59 Å². The van der Waals surface area contributed by atoms with Crippen LogP contribution in [0.2, 0.25) is 0 Å². The minimum atomic E-state index is -0.250. The van der Waals surface area contributed by atoms with Gasteiger partial charge in [0.2, 0.25) is 5.56 Å². The van der Waals surface area contributed by atoms with Crippen molar-refractivity contribution in [1.29, 1.82) is 0 Å². The van der Waals surface area contributed by atoms with Gasteiger partial charge in [0.15, 0.2) is 0 Å². The first-order chi connectivity index (χ1) is 16.1. The maximum Gasteiger partial charge on any atom is 0.290 e. The van der Waals surface area contributed by atoms with Crippen LogP contribution in [0.4, 0.5) is 0 Å². The molecular weight excluding hydrogens is 422 g/mol. The first kappa shape index (κ1) is 21.5. The first-order valence-electron chi connectivity index (χ1n) is 9.99. The largest absolute Gasteiger partial charge is 0.487 e. The third kappa shape index (κ3) is 4.64. The van der Waals surface area contributed by atoms with E-state index in [1.807, 2.05) is 42.5 Å². The van der Waals surface area contributed by atoms with Gasteiger partial charge in [0, 0.05) is 35.7 Å². The van der Waals surface area contributed by atoms with Gasteiger partial charge in [-0.1, -0.05) is 36.4 Å². The van der Waals surface area contributed by atoms with E-state index < -0.39 is 0 Å². The lowest BCUT2D eigenvalue weighted by molar-refractivity contribution is -0.122. The monoisotopic (exact) mass is 441 g/mol. The number of rotatable bonds is 4. The number of benzene rings is 2. The molecule has 3 heterocycles. The highest BCUT2D eigenvalue weighted by molar-refractivity contribution is 5.99. The number of carboxylic acid groups (broad SMARTS) is 1. The second kappa shape index (κ2) is 9.61. The number of aromatic amines is 1. The predicted octanol–water partition coefficient (Wildman–Crippen LogP) is 3.48. The van der Waals surface area contributed by atoms with Crippen LogP contribution in [-0.2, 0) is 11.4 Å². The lowest BCUT2D eigenvalue weighted by atomic mass is 9.98. The van der Waals surface area contributed by atoms with Crippen molar-refractivity contribution in [2.75, 3.05) is 0 Å². The van der Waals surface area contributed by atoms with E-state index in [0.29, 0.717) is 17.1 Å². The minimum absolute atomic E-state index is 0.148. The van der Waals surface area contributed by atoms with Crippen molar-refractivity contribution in [3.05, 3.63) is 112 Å². The standard InChI is InChI=1S/C24H17N3O3.CH2O2/c28-22-11-9-17(14-25-22)24-19-6-2-1-5-16(19)8-10-20(24)30-15-18-13-23(29)27-12-4-3-7-21(27)26-18;2-1-3/h1-14H,15H2,(H,25,28);1H,(H,2,3). The summed E-state index contributed by atoms with van der Waals surface area (Å²) in [5.74, 6) is 0.649. The quantitative estimate of drug-likeness (QED) is 0.413. The molecule has 0 saturated carbocycles. The molecule has 0 aliphatic rings. The molecule has 5 rings (SSSR count). The molecule has 2 aromatic carbocycles. The molecule has 2 N–H and O–H groups in total. The summed E-state index contributed by atoms with van der Waals surface area (Å²) in [6.45, 7) is -0.102. The highest BCUT2D eigenvalue weighted by Gasteiger charge is 2.12. The Bertz CT molecular complexity index is 1540. The molecule has 0 spiro atoms. The fourth-order valence-corrected chi connectivity index (χ4v) is 3.56. The summed E-state index contributed by atoms with van der Waals surface area (Å²) in [6.07, 6.45) is 3.37. The predicted molar refractivity (Wildman–Crippen MR) is 124 cm³/mol. The van der Waals surface area contributed by atoms with E-state index >= 15 is 0 Å². The van der Waals surface area contributed by atoms with Crippen LogP contribution in [0.3, 0.4) is 0 Å². The second-order valence-corrected chi connectivity index (χ2v) is 7.01. The number of pyridine rings is 2. The Labute approximate surface area is 187 Å². The molecule has 5 aromatic rings. The molecule has 0 saturated heterocycles. The molecule has 0 bridgehead atoms. The maximum atomic E-state index is 12.3. The average Bonchev–Trinajstić information content (AvgIpc) is 2.83. The van der Waals surface area contributed by atoms with E-state index in [2.05, 4.69) is 9.97 Å². The summed E-state index contributed by atoms with van der Waals surface area (Å²) in [6, 6.07) is 22.0. The van der Waals surface area contributed by atoms with Gasteiger partial charge in [-0.3, -0.25) is 18.8 Å². The van der Waals surface area contributed by atoms with Crippen molar-refractivity contribution < 1.29 is 14.6 Å². The van der Waals surface area contributed by atoms with E-state index in [0.717, 1.165) is 21.9 Å². The van der Waals surface area contributed by atoms with Crippen molar-refractivity contribution in [2.45, 2.75) is 6.61 Å². The lowest BCUT2D eigenvalue weighted by Crippen LogP contribution is -2.16. The Morgan fingerprint density at radius 2 is 1.79 bits per heavy atom. The summed E-state index contributed by atoms with van der Waals surface area (Å²) < 4.78 is 7.61. The molecule has 164 valence electrons. The molecule has 8 heteroatoms. The molecule has 0 radical (unpaired) electrons. The van der Waals surface area contributed by atoms with Crippen LogP contribution < -0.4 is 15.9 Å². The van der Waals surface area contributed by atoms with Gasteiger partial charge < -0.3 is 14.8 Å². The topological polar surface area (TPSA) is 114 Å². The number of hydrogen-bond donors (Lipinski definition) is 2. The van der Waals surface area contributed by atoms with Gasteiger partial charge >= 0.3 is 0 Å². The molecule has 0 fully saturated rings. The zero-order chi connectivity index (χ0) is 23.2. The number of fused-ring (bicyclic) bond motifs is 2. The van der Waals surface area contributed by atoms with Crippen molar-refractivity contribution in [2.24, 2.45) is 0 Å². The summed E-state index contributed by atoms with van der Waals surface area (Å²) >= 11 is 0. The van der Waals surface area contributed by atoms with Gasteiger partial charge in [0.1, 0.15) is 18.0 Å². The Hall–Kier alpha value is -4.72. The normalized spacial score (nSPS) is 10.4. The smallest absolute Gasteiger partial charge is 0.290 e. The van der Waals surface area contributed by atoms with Crippen LogP contribution in [0, 0.1) is 0 Å². The van der Waals surface area contributed by atoms with E-state index in [-0.39, 0.29) is 24.2 Å². The summed E-state index contributed by atoms with van der Waals surface area (Å²) in [4.78, 5) is 39.5.